The lowest BCUT2D eigenvalue weighted by Gasteiger charge is -2.29. The van der Waals surface area contributed by atoms with E-state index in [1.807, 2.05) is 17.0 Å². The van der Waals surface area contributed by atoms with Crippen molar-refractivity contribution in [1.82, 2.24) is 4.90 Å². The van der Waals surface area contributed by atoms with Crippen molar-refractivity contribution >= 4 is 29.1 Å². The lowest BCUT2D eigenvalue weighted by Crippen LogP contribution is -2.41. The number of halogens is 2. The Labute approximate surface area is 128 Å². The minimum absolute atomic E-state index is 0.0289. The Balaban J connectivity index is 1.67. The topological polar surface area (TPSA) is 40.5 Å². The number of carbonyl (C=O) groups excluding carboxylic acids is 1. The highest BCUT2D eigenvalue weighted by atomic mass is 35.5. The molecule has 0 spiro atoms. The molecule has 2 fully saturated rings. The van der Waals surface area contributed by atoms with Crippen LogP contribution in [-0.2, 0) is 4.79 Å². The first-order valence-electron chi connectivity index (χ1n) is 6.98. The zero-order chi connectivity index (χ0) is 14.3. The van der Waals surface area contributed by atoms with Crippen LogP contribution in [0.1, 0.15) is 30.7 Å². The second kappa shape index (κ2) is 5.55. The van der Waals surface area contributed by atoms with Crippen LogP contribution in [0.15, 0.2) is 18.2 Å². The summed E-state index contributed by atoms with van der Waals surface area (Å²) in [5.74, 6) is 0.416. The lowest BCUT2D eigenvalue weighted by molar-refractivity contribution is -0.134. The first-order valence-corrected chi connectivity index (χ1v) is 7.74. The lowest BCUT2D eigenvalue weighted by atomic mass is 10.1. The molecule has 0 aromatic heterocycles. The minimum Gasteiger partial charge on any atom is -0.393 e. The molecular formula is C15H17Cl2NO2. The Morgan fingerprint density at radius 1 is 1.25 bits per heavy atom. The first kappa shape index (κ1) is 14.2. The average Bonchev–Trinajstić information content (AvgIpc) is 3.22. The SMILES string of the molecule is O=C(C1CC1c1cccc(Cl)c1Cl)N1CCC(O)CC1. The first-order chi connectivity index (χ1) is 9.58. The van der Waals surface area contributed by atoms with Gasteiger partial charge in [0.25, 0.3) is 0 Å². The zero-order valence-corrected chi connectivity index (χ0v) is 12.6. The molecule has 3 nitrogen and oxygen atoms in total. The number of amides is 1. The molecule has 1 N–H and O–H groups in total. The van der Waals surface area contributed by atoms with E-state index < -0.39 is 0 Å². The summed E-state index contributed by atoms with van der Waals surface area (Å²) in [6.45, 7) is 1.32. The molecule has 0 bridgehead atoms. The molecule has 0 radical (unpaired) electrons. The molecule has 5 heteroatoms. The van der Waals surface area contributed by atoms with E-state index in [2.05, 4.69) is 0 Å². The van der Waals surface area contributed by atoms with E-state index in [0.29, 0.717) is 36.0 Å². The van der Waals surface area contributed by atoms with Crippen molar-refractivity contribution in [3.63, 3.8) is 0 Å². The summed E-state index contributed by atoms with van der Waals surface area (Å²) in [6, 6.07) is 5.59. The maximum absolute atomic E-state index is 12.4. The molecule has 1 aromatic rings. The van der Waals surface area contributed by atoms with Gasteiger partial charge in [-0.3, -0.25) is 4.79 Å². The van der Waals surface area contributed by atoms with Crippen LogP contribution in [0.4, 0.5) is 0 Å². The summed E-state index contributed by atoms with van der Waals surface area (Å²) in [5, 5.41) is 10.6. The molecule has 2 atom stereocenters. The predicted octanol–water partition coefficient (Wildman–Crippen LogP) is 3.08. The third-order valence-electron chi connectivity index (χ3n) is 4.26. The summed E-state index contributed by atoms with van der Waals surface area (Å²) in [5.41, 5.74) is 0.981. The molecule has 1 aliphatic carbocycles. The predicted molar refractivity (Wildman–Crippen MR) is 79.1 cm³/mol. The van der Waals surface area contributed by atoms with Gasteiger partial charge in [0.15, 0.2) is 0 Å². The number of hydrogen-bond acceptors (Lipinski definition) is 2. The Kier molecular flexibility index (Phi) is 3.93. The molecule has 1 heterocycles. The van der Waals surface area contributed by atoms with E-state index in [1.54, 1.807) is 6.07 Å². The van der Waals surface area contributed by atoms with E-state index in [-0.39, 0.29) is 23.8 Å². The van der Waals surface area contributed by atoms with Crippen LogP contribution in [-0.4, -0.2) is 35.1 Å². The van der Waals surface area contributed by atoms with Crippen molar-refractivity contribution < 1.29 is 9.90 Å². The molecule has 1 saturated carbocycles. The van der Waals surface area contributed by atoms with Gasteiger partial charge in [-0.1, -0.05) is 35.3 Å². The van der Waals surface area contributed by atoms with Crippen molar-refractivity contribution in [2.75, 3.05) is 13.1 Å². The molecule has 1 amide bonds. The summed E-state index contributed by atoms with van der Waals surface area (Å²) < 4.78 is 0. The molecule has 1 saturated heterocycles. The van der Waals surface area contributed by atoms with Gasteiger partial charge in [0.2, 0.25) is 5.91 Å². The molecule has 2 unspecified atom stereocenters. The van der Waals surface area contributed by atoms with Gasteiger partial charge >= 0.3 is 0 Å². The largest absolute Gasteiger partial charge is 0.393 e. The Hall–Kier alpha value is -0.770. The second-order valence-corrected chi connectivity index (χ2v) is 6.43. The van der Waals surface area contributed by atoms with Crippen LogP contribution in [0, 0.1) is 5.92 Å². The minimum atomic E-state index is -0.253. The van der Waals surface area contributed by atoms with E-state index in [0.717, 1.165) is 12.0 Å². The molecule has 108 valence electrons. The van der Waals surface area contributed by atoms with Crippen LogP contribution in [0.5, 0.6) is 0 Å². The summed E-state index contributed by atoms with van der Waals surface area (Å²) in [4.78, 5) is 14.3. The van der Waals surface area contributed by atoms with Crippen molar-refractivity contribution in [1.29, 1.82) is 0 Å². The van der Waals surface area contributed by atoms with E-state index in [4.69, 9.17) is 23.2 Å². The van der Waals surface area contributed by atoms with Gasteiger partial charge in [0.1, 0.15) is 0 Å². The number of aliphatic hydroxyl groups is 1. The Morgan fingerprint density at radius 3 is 2.65 bits per heavy atom. The highest BCUT2D eigenvalue weighted by Crippen LogP contribution is 2.51. The highest BCUT2D eigenvalue weighted by molar-refractivity contribution is 6.42. The molecular weight excluding hydrogens is 297 g/mol. The molecule has 2 aliphatic rings. The molecule has 20 heavy (non-hydrogen) atoms. The summed E-state index contributed by atoms with van der Waals surface area (Å²) in [6.07, 6.45) is 1.96. The van der Waals surface area contributed by atoms with Crippen LogP contribution in [0.25, 0.3) is 0 Å². The van der Waals surface area contributed by atoms with Crippen LogP contribution in [0.3, 0.4) is 0 Å². The Morgan fingerprint density at radius 2 is 1.95 bits per heavy atom. The van der Waals surface area contributed by atoms with Gasteiger partial charge in [0, 0.05) is 19.0 Å². The quantitative estimate of drug-likeness (QED) is 0.911. The van der Waals surface area contributed by atoms with Gasteiger partial charge in [-0.05, 0) is 36.8 Å². The summed E-state index contributed by atoms with van der Waals surface area (Å²) in [7, 11) is 0. The van der Waals surface area contributed by atoms with Crippen molar-refractivity contribution in [2.45, 2.75) is 31.3 Å². The number of carbonyl (C=O) groups is 1. The van der Waals surface area contributed by atoms with Crippen molar-refractivity contribution in [3.05, 3.63) is 33.8 Å². The van der Waals surface area contributed by atoms with E-state index in [1.165, 1.54) is 0 Å². The number of piperidine rings is 1. The van der Waals surface area contributed by atoms with Gasteiger partial charge in [-0.15, -0.1) is 0 Å². The van der Waals surface area contributed by atoms with Gasteiger partial charge in [-0.2, -0.15) is 0 Å². The van der Waals surface area contributed by atoms with Crippen LogP contribution in [0.2, 0.25) is 10.0 Å². The fraction of sp³-hybridized carbons (Fsp3) is 0.533. The highest BCUT2D eigenvalue weighted by Gasteiger charge is 2.47. The van der Waals surface area contributed by atoms with E-state index >= 15 is 0 Å². The fourth-order valence-corrected chi connectivity index (χ4v) is 3.39. The second-order valence-electron chi connectivity index (χ2n) is 5.65. The third-order valence-corrected chi connectivity index (χ3v) is 5.10. The van der Waals surface area contributed by atoms with Crippen LogP contribution < -0.4 is 0 Å². The number of rotatable bonds is 2. The van der Waals surface area contributed by atoms with Crippen LogP contribution >= 0.6 is 23.2 Å². The summed E-state index contributed by atoms with van der Waals surface area (Å²) >= 11 is 12.2. The fourth-order valence-electron chi connectivity index (χ4n) is 2.94. The third kappa shape index (κ3) is 2.67. The van der Waals surface area contributed by atoms with Crippen molar-refractivity contribution in [2.24, 2.45) is 5.92 Å². The average molecular weight is 314 g/mol. The number of benzene rings is 1. The maximum Gasteiger partial charge on any atom is 0.226 e. The van der Waals surface area contributed by atoms with E-state index in [9.17, 15) is 9.90 Å². The molecule has 3 rings (SSSR count). The number of aliphatic hydroxyl groups excluding tert-OH is 1. The molecule has 1 aromatic carbocycles. The normalized spacial score (nSPS) is 26.6. The molecule has 1 aliphatic heterocycles. The number of nitrogens with zero attached hydrogens (tertiary/aromatic N) is 1. The zero-order valence-electron chi connectivity index (χ0n) is 11.1. The standard InChI is InChI=1S/C15H17Cl2NO2/c16-13-3-1-2-10(14(13)17)11-8-12(11)15(20)18-6-4-9(19)5-7-18/h1-3,9,11-12,19H,4-8H2. The number of likely N-dealkylation sites (tertiary alicyclic amines) is 1. The maximum atomic E-state index is 12.4. The smallest absolute Gasteiger partial charge is 0.226 e. The Bertz CT molecular complexity index is 527. The number of hydrogen-bond donors (Lipinski definition) is 1. The monoisotopic (exact) mass is 313 g/mol. The van der Waals surface area contributed by atoms with Crippen molar-refractivity contribution in [3.8, 4) is 0 Å². The van der Waals surface area contributed by atoms with Gasteiger partial charge in [0.05, 0.1) is 16.1 Å². The van der Waals surface area contributed by atoms with Gasteiger partial charge < -0.3 is 10.0 Å². The van der Waals surface area contributed by atoms with Gasteiger partial charge in [-0.25, -0.2) is 0 Å².